The number of ether oxygens (including phenoxy) is 1. The van der Waals surface area contributed by atoms with Crippen molar-refractivity contribution in [1.82, 2.24) is 20.2 Å². The van der Waals surface area contributed by atoms with Gasteiger partial charge in [-0.25, -0.2) is 4.98 Å². The number of imidazole rings is 1. The van der Waals surface area contributed by atoms with Crippen molar-refractivity contribution < 1.29 is 9.53 Å². The number of carbonyl (C=O) groups excluding carboxylic acids is 1. The van der Waals surface area contributed by atoms with Crippen molar-refractivity contribution in [2.24, 2.45) is 12.0 Å². The monoisotopic (exact) mass is 356 g/mol. The Morgan fingerprint density at radius 2 is 2.31 bits per heavy atom. The Bertz CT molecular complexity index is 800. The van der Waals surface area contributed by atoms with E-state index in [-0.39, 0.29) is 11.9 Å². The second kappa shape index (κ2) is 7.90. The molecule has 0 bridgehead atoms. The summed E-state index contributed by atoms with van der Waals surface area (Å²) in [6.07, 6.45) is 4.07. The summed E-state index contributed by atoms with van der Waals surface area (Å²) < 4.78 is 7.19. The molecule has 0 radical (unpaired) electrons. The fraction of sp³-hybridized carbons (Fsp3) is 0.389. The molecule has 1 fully saturated rings. The van der Waals surface area contributed by atoms with E-state index in [9.17, 15) is 4.79 Å². The fourth-order valence-corrected chi connectivity index (χ4v) is 2.95. The van der Waals surface area contributed by atoms with Crippen LogP contribution in [0, 0.1) is 0 Å². The number of aliphatic imine (C=N–C) groups is 1. The first-order valence-corrected chi connectivity index (χ1v) is 8.48. The molecule has 1 aromatic heterocycles. The van der Waals surface area contributed by atoms with Gasteiger partial charge in [0, 0.05) is 51.2 Å². The zero-order chi connectivity index (χ0) is 18.5. The third kappa shape index (κ3) is 3.96. The largest absolute Gasteiger partial charge is 0.497 e. The van der Waals surface area contributed by atoms with Gasteiger partial charge in [-0.15, -0.1) is 0 Å². The Balaban J connectivity index is 1.59. The van der Waals surface area contributed by atoms with Crippen molar-refractivity contribution in [3.05, 3.63) is 42.5 Å². The first-order valence-electron chi connectivity index (χ1n) is 8.48. The van der Waals surface area contributed by atoms with Crippen LogP contribution in [0.2, 0.25) is 0 Å². The molecule has 8 nitrogen and oxygen atoms in total. The van der Waals surface area contributed by atoms with E-state index in [1.54, 1.807) is 25.3 Å². The molecule has 0 aliphatic carbocycles. The number of nitrogens with one attached hydrogen (secondary N) is 2. The van der Waals surface area contributed by atoms with Crippen LogP contribution in [0.15, 0.2) is 41.7 Å². The van der Waals surface area contributed by atoms with Gasteiger partial charge >= 0.3 is 0 Å². The quantitative estimate of drug-likeness (QED) is 0.614. The highest BCUT2D eigenvalue weighted by Crippen LogP contribution is 2.25. The van der Waals surface area contributed by atoms with Crippen molar-refractivity contribution in [2.45, 2.75) is 19.0 Å². The molecule has 0 saturated carbocycles. The van der Waals surface area contributed by atoms with Crippen LogP contribution < -0.4 is 20.3 Å². The lowest BCUT2D eigenvalue weighted by atomic mass is 10.2. The number of rotatable bonds is 5. The molecule has 1 saturated heterocycles. The van der Waals surface area contributed by atoms with Crippen LogP contribution in [0.3, 0.4) is 0 Å². The lowest BCUT2D eigenvalue weighted by Gasteiger charge is -2.19. The Morgan fingerprint density at radius 3 is 3.00 bits per heavy atom. The van der Waals surface area contributed by atoms with Gasteiger partial charge in [0.1, 0.15) is 11.6 Å². The molecular weight excluding hydrogens is 332 g/mol. The molecule has 8 heteroatoms. The maximum atomic E-state index is 12.4. The van der Waals surface area contributed by atoms with Gasteiger partial charge in [-0.05, 0) is 12.1 Å². The first-order chi connectivity index (χ1) is 12.6. The van der Waals surface area contributed by atoms with E-state index in [2.05, 4.69) is 20.6 Å². The molecule has 1 unspecified atom stereocenters. The molecule has 1 atom stereocenters. The Morgan fingerprint density at radius 1 is 1.46 bits per heavy atom. The second-order valence-corrected chi connectivity index (χ2v) is 6.13. The summed E-state index contributed by atoms with van der Waals surface area (Å²) >= 11 is 0. The number of hydrogen-bond donors (Lipinski definition) is 2. The zero-order valence-corrected chi connectivity index (χ0v) is 15.3. The first kappa shape index (κ1) is 17.8. The molecule has 1 aliphatic rings. The third-order valence-electron chi connectivity index (χ3n) is 4.39. The molecular formula is C18H24N6O2. The van der Waals surface area contributed by atoms with E-state index in [0.29, 0.717) is 25.5 Å². The van der Waals surface area contributed by atoms with E-state index in [0.717, 1.165) is 17.3 Å². The lowest BCUT2D eigenvalue weighted by Crippen LogP contribution is -2.44. The van der Waals surface area contributed by atoms with Gasteiger partial charge in [-0.2, -0.15) is 0 Å². The normalized spacial score (nSPS) is 17.5. The Hall–Kier alpha value is -3.03. The van der Waals surface area contributed by atoms with Crippen LogP contribution >= 0.6 is 0 Å². The van der Waals surface area contributed by atoms with Gasteiger partial charge in [0.15, 0.2) is 5.96 Å². The van der Waals surface area contributed by atoms with Gasteiger partial charge in [0.05, 0.1) is 19.7 Å². The summed E-state index contributed by atoms with van der Waals surface area (Å²) in [6.45, 7) is 1.14. The molecule has 26 heavy (non-hydrogen) atoms. The predicted molar refractivity (Wildman–Crippen MR) is 100 cm³/mol. The van der Waals surface area contributed by atoms with Gasteiger partial charge < -0.3 is 24.8 Å². The summed E-state index contributed by atoms with van der Waals surface area (Å²) in [6, 6.07) is 7.52. The molecule has 2 aromatic rings. The molecule has 2 N–H and O–H groups in total. The van der Waals surface area contributed by atoms with E-state index in [4.69, 9.17) is 4.74 Å². The highest BCUT2D eigenvalue weighted by atomic mass is 16.5. The summed E-state index contributed by atoms with van der Waals surface area (Å²) in [4.78, 5) is 22.7. The minimum absolute atomic E-state index is 0.0127. The minimum Gasteiger partial charge on any atom is -0.497 e. The van der Waals surface area contributed by atoms with Crippen molar-refractivity contribution in [2.75, 3.05) is 25.6 Å². The average Bonchev–Trinajstić information content (AvgIpc) is 3.23. The van der Waals surface area contributed by atoms with Crippen molar-refractivity contribution >= 4 is 17.6 Å². The third-order valence-corrected chi connectivity index (χ3v) is 4.39. The topological polar surface area (TPSA) is 83.8 Å². The smallest absolute Gasteiger partial charge is 0.229 e. The Kier molecular flexibility index (Phi) is 5.40. The minimum atomic E-state index is -0.0127. The fourth-order valence-electron chi connectivity index (χ4n) is 2.95. The molecule has 1 aromatic carbocycles. The number of carbonyl (C=O) groups is 1. The molecule has 3 rings (SSSR count). The van der Waals surface area contributed by atoms with Crippen LogP contribution in [0.25, 0.3) is 0 Å². The number of hydrogen-bond acceptors (Lipinski definition) is 4. The van der Waals surface area contributed by atoms with Crippen LogP contribution in [-0.4, -0.2) is 48.2 Å². The van der Waals surface area contributed by atoms with Crippen molar-refractivity contribution in [3.63, 3.8) is 0 Å². The van der Waals surface area contributed by atoms with Crippen molar-refractivity contribution in [3.8, 4) is 5.75 Å². The number of aromatic nitrogens is 2. The number of benzene rings is 1. The van der Waals surface area contributed by atoms with Crippen molar-refractivity contribution in [1.29, 1.82) is 0 Å². The molecule has 2 heterocycles. The summed E-state index contributed by atoms with van der Waals surface area (Å²) in [5.41, 5.74) is 0.842. The standard InChI is InChI=1S/C18H24N6O2/c1-19-18(21-11-16-20-7-8-23(16)2)22-13-9-17(25)24(12-13)14-5-4-6-15(10-14)26-3/h4-8,10,13H,9,11-12H2,1-3H3,(H2,19,21,22). The second-order valence-electron chi connectivity index (χ2n) is 6.13. The van der Waals surface area contributed by atoms with Gasteiger partial charge in [0.2, 0.25) is 5.91 Å². The summed E-state index contributed by atoms with van der Waals surface area (Å²) in [7, 11) is 5.28. The number of anilines is 1. The average molecular weight is 356 g/mol. The van der Waals surface area contributed by atoms with Gasteiger partial charge in [-0.1, -0.05) is 6.07 Å². The van der Waals surface area contributed by atoms with Crippen LogP contribution in [-0.2, 0) is 18.4 Å². The molecule has 138 valence electrons. The highest BCUT2D eigenvalue weighted by Gasteiger charge is 2.31. The van der Waals surface area contributed by atoms with Gasteiger partial charge in [-0.3, -0.25) is 9.79 Å². The maximum Gasteiger partial charge on any atom is 0.229 e. The van der Waals surface area contributed by atoms with E-state index in [1.807, 2.05) is 42.1 Å². The summed E-state index contributed by atoms with van der Waals surface area (Å²) in [5.74, 6) is 2.38. The lowest BCUT2D eigenvalue weighted by molar-refractivity contribution is -0.117. The molecule has 1 aliphatic heterocycles. The number of aryl methyl sites for hydroxylation is 1. The number of guanidine groups is 1. The Labute approximate surface area is 152 Å². The van der Waals surface area contributed by atoms with E-state index < -0.39 is 0 Å². The van der Waals surface area contributed by atoms with Crippen LogP contribution in [0.1, 0.15) is 12.2 Å². The molecule has 0 spiro atoms. The van der Waals surface area contributed by atoms with Crippen LogP contribution in [0.5, 0.6) is 5.75 Å². The SMILES string of the molecule is CN=C(NCc1nccn1C)NC1CC(=O)N(c2cccc(OC)c2)C1. The van der Waals surface area contributed by atoms with Gasteiger partial charge in [0.25, 0.3) is 0 Å². The number of methoxy groups -OCH3 is 1. The van der Waals surface area contributed by atoms with E-state index in [1.165, 1.54) is 0 Å². The van der Waals surface area contributed by atoms with E-state index >= 15 is 0 Å². The van der Waals surface area contributed by atoms with Crippen LogP contribution in [0.4, 0.5) is 5.69 Å². The number of amides is 1. The predicted octanol–water partition coefficient (Wildman–Crippen LogP) is 0.899. The highest BCUT2D eigenvalue weighted by molar-refractivity contribution is 5.97. The maximum absolute atomic E-state index is 12.4. The molecule has 1 amide bonds. The summed E-state index contributed by atoms with van der Waals surface area (Å²) in [5, 5.41) is 6.55. The zero-order valence-electron chi connectivity index (χ0n) is 15.3. The number of nitrogens with zero attached hydrogens (tertiary/aromatic N) is 4.